The number of aryl methyl sites for hydroxylation is 2. The third kappa shape index (κ3) is 4.12. The van der Waals surface area contributed by atoms with Crippen molar-refractivity contribution in [3.8, 4) is 10.6 Å². The summed E-state index contributed by atoms with van der Waals surface area (Å²) in [5.41, 5.74) is 0.900. The minimum atomic E-state index is -4.67. The van der Waals surface area contributed by atoms with Crippen LogP contribution >= 0.6 is 22.9 Å². The summed E-state index contributed by atoms with van der Waals surface area (Å²) < 4.78 is 70.1. The van der Waals surface area contributed by atoms with Crippen molar-refractivity contribution in [3.63, 3.8) is 0 Å². The zero-order valence-corrected chi connectivity index (χ0v) is 16.3. The van der Waals surface area contributed by atoms with Crippen molar-refractivity contribution < 1.29 is 26.1 Å². The number of anilines is 1. The average molecular weight is 437 g/mol. The molecule has 2 heterocycles. The first kappa shape index (κ1) is 19.7. The molecule has 0 bridgehead atoms. The summed E-state index contributed by atoms with van der Waals surface area (Å²) in [5.74, 6) is -1.25. The molecule has 3 rings (SSSR count). The monoisotopic (exact) mass is 436 g/mol. The number of benzene rings is 1. The molecule has 0 spiro atoms. The van der Waals surface area contributed by atoms with Crippen LogP contribution in [0.2, 0.25) is 5.02 Å². The summed E-state index contributed by atoms with van der Waals surface area (Å²) in [7, 11) is -3.95. The fraction of sp³-hybridized carbons (Fsp3) is 0.188. The van der Waals surface area contributed by atoms with Gasteiger partial charge in [0.25, 0.3) is 10.0 Å². The number of alkyl halides is 3. The number of nitrogens with one attached hydrogen (secondary N) is 1. The fourth-order valence-electron chi connectivity index (χ4n) is 2.32. The van der Waals surface area contributed by atoms with Crippen LogP contribution in [0.4, 0.5) is 18.9 Å². The van der Waals surface area contributed by atoms with Gasteiger partial charge in [0.15, 0.2) is 0 Å². The minimum absolute atomic E-state index is 0.0478. The lowest BCUT2D eigenvalue weighted by molar-refractivity contribution is -0.155. The number of halogens is 4. The molecule has 0 unspecified atom stereocenters. The lowest BCUT2D eigenvalue weighted by Crippen LogP contribution is -2.13. The van der Waals surface area contributed by atoms with Gasteiger partial charge in [-0.1, -0.05) is 16.8 Å². The predicted molar refractivity (Wildman–Crippen MR) is 96.6 cm³/mol. The van der Waals surface area contributed by atoms with Crippen molar-refractivity contribution in [1.29, 1.82) is 0 Å². The second-order valence-electron chi connectivity index (χ2n) is 5.67. The minimum Gasteiger partial charge on any atom is -0.351 e. The van der Waals surface area contributed by atoms with Crippen molar-refractivity contribution in [3.05, 3.63) is 51.6 Å². The van der Waals surface area contributed by atoms with Gasteiger partial charge in [0.1, 0.15) is 10.6 Å². The van der Waals surface area contributed by atoms with Crippen molar-refractivity contribution in [2.24, 2.45) is 0 Å². The highest BCUT2D eigenvalue weighted by Gasteiger charge is 2.36. The molecule has 0 radical (unpaired) electrons. The highest BCUT2D eigenvalue weighted by Crippen LogP contribution is 2.37. The Balaban J connectivity index is 1.94. The third-order valence-corrected chi connectivity index (χ3v) is 6.57. The fourth-order valence-corrected chi connectivity index (χ4v) is 5.23. The van der Waals surface area contributed by atoms with Crippen LogP contribution in [-0.4, -0.2) is 13.6 Å². The molecule has 0 saturated carbocycles. The largest absolute Gasteiger partial charge is 0.452 e. The van der Waals surface area contributed by atoms with E-state index < -0.39 is 22.0 Å². The Bertz CT molecular complexity index is 1100. The number of hydrogen-bond donors (Lipinski definition) is 1. The van der Waals surface area contributed by atoms with E-state index in [1.165, 1.54) is 12.1 Å². The molecule has 11 heteroatoms. The lowest BCUT2D eigenvalue weighted by Gasteiger charge is -2.10. The van der Waals surface area contributed by atoms with Gasteiger partial charge in [-0.05, 0) is 43.7 Å². The Morgan fingerprint density at radius 3 is 2.48 bits per heavy atom. The maximum Gasteiger partial charge on any atom is 0.452 e. The van der Waals surface area contributed by atoms with E-state index in [1.807, 2.05) is 0 Å². The smallest absolute Gasteiger partial charge is 0.351 e. The van der Waals surface area contributed by atoms with E-state index >= 15 is 0 Å². The van der Waals surface area contributed by atoms with E-state index in [9.17, 15) is 21.6 Å². The van der Waals surface area contributed by atoms with Gasteiger partial charge in [-0.15, -0.1) is 11.3 Å². The van der Waals surface area contributed by atoms with Crippen molar-refractivity contribution in [2.45, 2.75) is 24.9 Å². The molecule has 0 aliphatic rings. The zero-order valence-electron chi connectivity index (χ0n) is 13.9. The molecule has 0 atom stereocenters. The van der Waals surface area contributed by atoms with Crippen molar-refractivity contribution >= 4 is 38.6 Å². The van der Waals surface area contributed by atoms with Crippen LogP contribution in [0.25, 0.3) is 10.6 Å². The molecular weight excluding hydrogens is 425 g/mol. The summed E-state index contributed by atoms with van der Waals surface area (Å²) >= 11 is 6.87. The molecule has 0 aliphatic heterocycles. The maximum absolute atomic E-state index is 12.7. The highest BCUT2D eigenvalue weighted by atomic mass is 35.5. The molecule has 3 aromatic rings. The molecule has 1 N–H and O–H groups in total. The van der Waals surface area contributed by atoms with Gasteiger partial charge >= 0.3 is 6.18 Å². The van der Waals surface area contributed by atoms with Gasteiger partial charge in [0.05, 0.1) is 10.6 Å². The van der Waals surface area contributed by atoms with Gasteiger partial charge < -0.3 is 4.52 Å². The summed E-state index contributed by atoms with van der Waals surface area (Å²) in [4.78, 5) is 0.606. The zero-order chi connectivity index (χ0) is 20.0. The molecule has 0 saturated heterocycles. The van der Waals surface area contributed by atoms with Gasteiger partial charge in [-0.25, -0.2) is 8.42 Å². The third-order valence-electron chi connectivity index (χ3n) is 3.64. The van der Waals surface area contributed by atoms with Crippen LogP contribution in [0, 0.1) is 13.8 Å². The van der Waals surface area contributed by atoms with Crippen LogP contribution in [0.5, 0.6) is 0 Å². The van der Waals surface area contributed by atoms with Gasteiger partial charge in [0.2, 0.25) is 5.76 Å². The highest BCUT2D eigenvalue weighted by molar-refractivity contribution is 7.93. The number of thiophene rings is 1. The standard InChI is InChI=1S/C16H12ClF3N2O3S2/c1-8-5-10(17)3-4-11(8)22-27(23,24)14-7-13(26-9(14)2)12-6-15(25-21-12)16(18,19)20/h3-7,22H,1-2H3. The summed E-state index contributed by atoms with van der Waals surface area (Å²) in [6.45, 7) is 3.26. The number of rotatable bonds is 4. The van der Waals surface area contributed by atoms with E-state index in [4.69, 9.17) is 11.6 Å². The first-order valence-electron chi connectivity index (χ1n) is 7.41. The summed E-state index contributed by atoms with van der Waals surface area (Å²) in [6.07, 6.45) is -4.67. The molecule has 144 valence electrons. The molecule has 5 nitrogen and oxygen atoms in total. The molecule has 1 aromatic carbocycles. The normalized spacial score (nSPS) is 12.4. The van der Waals surface area contributed by atoms with E-state index in [2.05, 4.69) is 14.4 Å². The topological polar surface area (TPSA) is 72.2 Å². The Kier molecular flexibility index (Phi) is 5.00. The van der Waals surface area contributed by atoms with Crippen LogP contribution in [0.15, 0.2) is 39.8 Å². The van der Waals surface area contributed by atoms with E-state index in [0.717, 1.165) is 17.4 Å². The van der Waals surface area contributed by atoms with Crippen molar-refractivity contribution in [1.82, 2.24) is 5.16 Å². The second-order valence-corrected chi connectivity index (χ2v) is 9.01. The Morgan fingerprint density at radius 1 is 1.19 bits per heavy atom. The Morgan fingerprint density at radius 2 is 1.89 bits per heavy atom. The quantitative estimate of drug-likeness (QED) is 0.586. The number of nitrogens with zero attached hydrogens (tertiary/aromatic N) is 1. The Hall–Kier alpha value is -2.04. The molecule has 0 amide bonds. The molecule has 0 fully saturated rings. The van der Waals surface area contributed by atoms with Gasteiger partial charge in [-0.3, -0.25) is 4.72 Å². The van der Waals surface area contributed by atoms with Crippen LogP contribution in [-0.2, 0) is 16.2 Å². The van der Waals surface area contributed by atoms with Crippen LogP contribution < -0.4 is 4.72 Å². The number of hydrogen-bond acceptors (Lipinski definition) is 5. The average Bonchev–Trinajstić information content (AvgIpc) is 3.16. The van der Waals surface area contributed by atoms with Gasteiger partial charge in [0, 0.05) is 16.0 Å². The first-order chi connectivity index (χ1) is 12.5. The summed E-state index contributed by atoms with van der Waals surface area (Å²) in [5, 5.41) is 3.85. The summed E-state index contributed by atoms with van der Waals surface area (Å²) in [6, 6.07) is 6.70. The van der Waals surface area contributed by atoms with E-state index in [1.54, 1.807) is 26.0 Å². The predicted octanol–water partition coefficient (Wildman–Crippen LogP) is 5.49. The SMILES string of the molecule is Cc1cc(Cl)ccc1NS(=O)(=O)c1cc(-c2cc(C(F)(F)F)on2)sc1C. The molecule has 27 heavy (non-hydrogen) atoms. The Labute approximate surface area is 161 Å². The molecule has 0 aliphatic carbocycles. The van der Waals surface area contributed by atoms with E-state index in [-0.39, 0.29) is 15.5 Å². The number of sulfonamides is 1. The van der Waals surface area contributed by atoms with Crippen LogP contribution in [0.1, 0.15) is 16.2 Å². The lowest BCUT2D eigenvalue weighted by atomic mass is 10.2. The van der Waals surface area contributed by atoms with Gasteiger partial charge in [-0.2, -0.15) is 13.2 Å². The van der Waals surface area contributed by atoms with E-state index in [0.29, 0.717) is 21.2 Å². The first-order valence-corrected chi connectivity index (χ1v) is 10.1. The molecular formula is C16H12ClF3N2O3S2. The molecule has 2 aromatic heterocycles. The maximum atomic E-state index is 12.7. The van der Waals surface area contributed by atoms with Crippen molar-refractivity contribution in [2.75, 3.05) is 4.72 Å². The van der Waals surface area contributed by atoms with Crippen LogP contribution in [0.3, 0.4) is 0 Å². The second kappa shape index (κ2) is 6.84. The number of aromatic nitrogens is 1.